The number of anilines is 3. The van der Waals surface area contributed by atoms with Gasteiger partial charge in [0.05, 0.1) is 0 Å². The molecule has 0 amide bonds. The normalized spacial score (nSPS) is 15.1. The van der Waals surface area contributed by atoms with Crippen molar-refractivity contribution in [2.24, 2.45) is 0 Å². The fraction of sp³-hybridized carbons (Fsp3) is 0.500. The molecule has 17 heavy (non-hydrogen) atoms. The zero-order chi connectivity index (χ0) is 12.7. The van der Waals surface area contributed by atoms with Crippen LogP contribution in [0.4, 0.5) is 17.3 Å². The van der Waals surface area contributed by atoms with E-state index >= 15 is 0 Å². The van der Waals surface area contributed by atoms with Crippen molar-refractivity contribution in [3.05, 3.63) is 18.7 Å². The summed E-state index contributed by atoms with van der Waals surface area (Å²) >= 11 is 0. The van der Waals surface area contributed by atoms with Crippen molar-refractivity contribution in [3.63, 3.8) is 0 Å². The molecule has 2 heterocycles. The molecule has 0 saturated carbocycles. The van der Waals surface area contributed by atoms with E-state index in [-0.39, 0.29) is 6.04 Å². The maximum Gasteiger partial charge on any atom is 0.164 e. The van der Waals surface area contributed by atoms with Gasteiger partial charge < -0.3 is 15.5 Å². The Morgan fingerprint density at radius 2 is 1.71 bits per heavy atom. The zero-order valence-corrected chi connectivity index (χ0v) is 10.8. The second-order valence-corrected chi connectivity index (χ2v) is 4.77. The summed E-state index contributed by atoms with van der Waals surface area (Å²) in [6.45, 7) is 12.6. The van der Waals surface area contributed by atoms with Crippen LogP contribution in [0.3, 0.4) is 0 Å². The summed E-state index contributed by atoms with van der Waals surface area (Å²) in [7, 11) is 0. The van der Waals surface area contributed by atoms with Crippen LogP contribution < -0.4 is 15.5 Å². The minimum absolute atomic E-state index is 0.276. The Kier molecular flexibility index (Phi) is 2.69. The second kappa shape index (κ2) is 3.91. The van der Waals surface area contributed by atoms with Crippen molar-refractivity contribution in [1.29, 1.82) is 0 Å². The molecule has 0 aromatic carbocycles. The Morgan fingerprint density at radius 1 is 1.12 bits per heavy atom. The first-order valence-electron chi connectivity index (χ1n) is 5.83. The van der Waals surface area contributed by atoms with Gasteiger partial charge in [0, 0.05) is 12.1 Å². The number of hydrogen-bond acceptors (Lipinski definition) is 5. The largest absolute Gasteiger partial charge is 0.382 e. The molecule has 0 unspecified atom stereocenters. The monoisotopic (exact) mass is 233 g/mol. The van der Waals surface area contributed by atoms with E-state index in [1.807, 2.05) is 0 Å². The summed E-state index contributed by atoms with van der Waals surface area (Å²) in [5.74, 6) is 2.27. The lowest BCUT2D eigenvalue weighted by Crippen LogP contribution is -2.36. The van der Waals surface area contributed by atoms with Gasteiger partial charge in [0.25, 0.3) is 0 Å². The fourth-order valence-electron chi connectivity index (χ4n) is 2.26. The van der Waals surface area contributed by atoms with E-state index in [9.17, 15) is 0 Å². The molecular weight excluding hydrogens is 214 g/mol. The molecule has 5 heteroatoms. The highest BCUT2D eigenvalue weighted by Gasteiger charge is 2.36. The molecule has 0 spiro atoms. The summed E-state index contributed by atoms with van der Waals surface area (Å²) in [5, 5.41) is 0. The molecule has 1 aromatic heterocycles. The van der Waals surface area contributed by atoms with Crippen LogP contribution >= 0.6 is 0 Å². The summed E-state index contributed by atoms with van der Waals surface area (Å²) in [6, 6.07) is 0.567. The maximum absolute atomic E-state index is 5.96. The summed E-state index contributed by atoms with van der Waals surface area (Å²) in [6.07, 6.45) is 1.50. The predicted octanol–water partition coefficient (Wildman–Crippen LogP) is 1.97. The lowest BCUT2D eigenvalue weighted by atomic mass is 10.3. The van der Waals surface area contributed by atoms with Crippen molar-refractivity contribution < 1.29 is 0 Å². The molecule has 0 fully saturated rings. The highest BCUT2D eigenvalue weighted by Crippen LogP contribution is 2.44. The molecule has 92 valence electrons. The van der Waals surface area contributed by atoms with Crippen LogP contribution in [0.1, 0.15) is 27.7 Å². The zero-order valence-electron chi connectivity index (χ0n) is 10.8. The molecule has 2 N–H and O–H groups in total. The minimum Gasteiger partial charge on any atom is -0.382 e. The van der Waals surface area contributed by atoms with E-state index < -0.39 is 0 Å². The Morgan fingerprint density at radius 3 is 2.24 bits per heavy atom. The quantitative estimate of drug-likeness (QED) is 0.846. The van der Waals surface area contributed by atoms with Gasteiger partial charge in [-0.15, -0.1) is 0 Å². The Balaban J connectivity index is 2.61. The molecule has 1 aromatic rings. The summed E-state index contributed by atoms with van der Waals surface area (Å²) < 4.78 is 0. The van der Waals surface area contributed by atoms with Gasteiger partial charge in [0.2, 0.25) is 0 Å². The topological polar surface area (TPSA) is 58.3 Å². The molecule has 0 saturated heterocycles. The fourth-order valence-corrected chi connectivity index (χ4v) is 2.26. The van der Waals surface area contributed by atoms with E-state index in [0.29, 0.717) is 11.9 Å². The van der Waals surface area contributed by atoms with Gasteiger partial charge in [0.15, 0.2) is 11.6 Å². The van der Waals surface area contributed by atoms with Gasteiger partial charge in [-0.1, -0.05) is 6.58 Å². The predicted molar refractivity (Wildman–Crippen MR) is 70.8 cm³/mol. The van der Waals surface area contributed by atoms with Crippen molar-refractivity contribution in [1.82, 2.24) is 9.97 Å². The van der Waals surface area contributed by atoms with Gasteiger partial charge >= 0.3 is 0 Å². The minimum atomic E-state index is 0.276. The number of rotatable bonds is 2. The Hall–Kier alpha value is -1.78. The van der Waals surface area contributed by atoms with Crippen LogP contribution in [-0.2, 0) is 0 Å². The highest BCUT2D eigenvalue weighted by atomic mass is 15.4. The van der Waals surface area contributed by atoms with Crippen molar-refractivity contribution in [3.8, 4) is 0 Å². The number of nitrogens with two attached hydrogens (primary N) is 1. The van der Waals surface area contributed by atoms with E-state index in [0.717, 1.165) is 17.3 Å². The maximum atomic E-state index is 5.96. The van der Waals surface area contributed by atoms with Crippen LogP contribution in [0.2, 0.25) is 0 Å². The summed E-state index contributed by atoms with van der Waals surface area (Å²) in [4.78, 5) is 12.6. The van der Waals surface area contributed by atoms with Crippen LogP contribution in [0, 0.1) is 0 Å². The molecule has 2 rings (SSSR count). The molecule has 0 bridgehead atoms. The first-order chi connectivity index (χ1) is 7.95. The first kappa shape index (κ1) is 11.7. The van der Waals surface area contributed by atoms with Crippen LogP contribution in [0.15, 0.2) is 18.7 Å². The standard InChI is InChI=1S/C12H19N5/c1-7(2)16-9(5)17(8(3)4)12-10(16)11(13)14-6-15-12/h6-8H,5H2,1-4H3,(H2,13,14,15). The van der Waals surface area contributed by atoms with E-state index in [1.165, 1.54) is 6.33 Å². The molecule has 0 aliphatic carbocycles. The average molecular weight is 233 g/mol. The van der Waals surface area contributed by atoms with Crippen molar-refractivity contribution in [2.45, 2.75) is 39.8 Å². The van der Waals surface area contributed by atoms with Crippen LogP contribution in [0.25, 0.3) is 0 Å². The molecule has 0 radical (unpaired) electrons. The lowest BCUT2D eigenvalue weighted by molar-refractivity contribution is 0.705. The smallest absolute Gasteiger partial charge is 0.164 e. The van der Waals surface area contributed by atoms with Gasteiger partial charge in [0.1, 0.15) is 17.8 Å². The van der Waals surface area contributed by atoms with Gasteiger partial charge in [-0.2, -0.15) is 0 Å². The van der Waals surface area contributed by atoms with E-state index in [1.54, 1.807) is 0 Å². The van der Waals surface area contributed by atoms with Crippen LogP contribution in [0.5, 0.6) is 0 Å². The SMILES string of the molecule is C=C1N(C(C)C)c2ncnc(N)c2N1C(C)C. The third-order valence-electron chi connectivity index (χ3n) is 2.89. The molecule has 1 aliphatic rings. The van der Waals surface area contributed by atoms with Gasteiger partial charge in [-0.05, 0) is 27.7 Å². The molecule has 1 aliphatic heterocycles. The van der Waals surface area contributed by atoms with E-state index in [4.69, 9.17) is 5.73 Å². The number of nitrogen functional groups attached to an aromatic ring is 1. The van der Waals surface area contributed by atoms with Crippen molar-refractivity contribution >= 4 is 17.3 Å². The second-order valence-electron chi connectivity index (χ2n) is 4.77. The number of hydrogen-bond donors (Lipinski definition) is 1. The van der Waals surface area contributed by atoms with Crippen LogP contribution in [-0.4, -0.2) is 22.1 Å². The first-order valence-corrected chi connectivity index (χ1v) is 5.83. The van der Waals surface area contributed by atoms with Crippen molar-refractivity contribution in [2.75, 3.05) is 15.5 Å². The van der Waals surface area contributed by atoms with Gasteiger partial charge in [-0.3, -0.25) is 0 Å². The third-order valence-corrected chi connectivity index (χ3v) is 2.89. The summed E-state index contributed by atoms with van der Waals surface area (Å²) in [5.41, 5.74) is 6.84. The van der Waals surface area contributed by atoms with Gasteiger partial charge in [-0.25, -0.2) is 9.97 Å². The third kappa shape index (κ3) is 1.62. The number of aromatic nitrogens is 2. The molecular formula is C12H19N5. The number of nitrogens with zero attached hydrogens (tertiary/aromatic N) is 4. The average Bonchev–Trinajstić information content (AvgIpc) is 2.51. The Bertz CT molecular complexity index is 452. The lowest BCUT2D eigenvalue weighted by Gasteiger charge is -2.29. The molecule has 5 nitrogen and oxygen atoms in total. The Labute approximate surface area is 102 Å². The molecule has 0 atom stereocenters. The highest BCUT2D eigenvalue weighted by molar-refractivity contribution is 5.86. The number of fused-ring (bicyclic) bond motifs is 1. The van der Waals surface area contributed by atoms with E-state index in [2.05, 4.69) is 54.0 Å².